The average molecular weight is 281 g/mol. The van der Waals surface area contributed by atoms with E-state index in [4.69, 9.17) is 0 Å². The molecule has 1 aliphatic rings. The summed E-state index contributed by atoms with van der Waals surface area (Å²) in [5.41, 5.74) is 0. The Balaban J connectivity index is 2.24. The van der Waals surface area contributed by atoms with Gasteiger partial charge in [-0.05, 0) is 20.3 Å². The molecule has 3 atom stereocenters. The van der Waals surface area contributed by atoms with E-state index in [2.05, 4.69) is 10.3 Å². The van der Waals surface area contributed by atoms with Crippen LogP contribution < -0.4 is 5.32 Å². The number of nitrogens with zero attached hydrogens (tertiary/aromatic N) is 2. The summed E-state index contributed by atoms with van der Waals surface area (Å²) >= 11 is 1.51. The average Bonchev–Trinajstić information content (AvgIpc) is 2.90. The van der Waals surface area contributed by atoms with Crippen molar-refractivity contribution in [2.75, 3.05) is 0 Å². The number of hydrogen-bond donors (Lipinski definition) is 1. The molecule has 3 unspecified atom stereocenters. The second-order valence-corrected chi connectivity index (χ2v) is 5.74. The molecule has 0 saturated carbocycles. The molecule has 2 amide bonds. The van der Waals surface area contributed by atoms with Crippen LogP contribution >= 0.6 is 11.3 Å². The Labute approximate surface area is 117 Å². The molecule has 1 N–H and O–H groups in total. The van der Waals surface area contributed by atoms with Crippen LogP contribution in [0.25, 0.3) is 0 Å². The molecule has 0 spiro atoms. The highest BCUT2D eigenvalue weighted by Crippen LogP contribution is 2.27. The summed E-state index contributed by atoms with van der Waals surface area (Å²) in [6.45, 7) is 5.69. The van der Waals surface area contributed by atoms with Crippen LogP contribution in [0.4, 0.5) is 0 Å². The molecule has 1 saturated heterocycles. The molecule has 19 heavy (non-hydrogen) atoms. The topological polar surface area (TPSA) is 62.3 Å². The second-order valence-electron chi connectivity index (χ2n) is 4.82. The van der Waals surface area contributed by atoms with Gasteiger partial charge in [-0.15, -0.1) is 11.3 Å². The third kappa shape index (κ3) is 2.63. The van der Waals surface area contributed by atoms with E-state index >= 15 is 0 Å². The fraction of sp³-hybridized carbons (Fsp3) is 0.615. The van der Waals surface area contributed by atoms with Gasteiger partial charge in [0.1, 0.15) is 17.1 Å². The van der Waals surface area contributed by atoms with Gasteiger partial charge in [-0.3, -0.25) is 9.59 Å². The molecule has 2 rings (SSSR count). The minimum absolute atomic E-state index is 0.00310. The lowest BCUT2D eigenvalue weighted by Crippen LogP contribution is -2.62. The van der Waals surface area contributed by atoms with Crippen LogP contribution in [-0.4, -0.2) is 33.8 Å². The SMILES string of the molecule is CCCC1NC(=O)C(C)N(C(C)c2nccs2)C1=O. The van der Waals surface area contributed by atoms with Gasteiger partial charge in [-0.25, -0.2) is 4.98 Å². The van der Waals surface area contributed by atoms with E-state index in [0.717, 1.165) is 11.4 Å². The Kier molecular flexibility index (Phi) is 4.19. The summed E-state index contributed by atoms with van der Waals surface area (Å²) in [6.07, 6.45) is 3.27. The van der Waals surface area contributed by atoms with Crippen molar-refractivity contribution in [2.24, 2.45) is 0 Å². The third-order valence-electron chi connectivity index (χ3n) is 3.47. The zero-order chi connectivity index (χ0) is 14.0. The minimum Gasteiger partial charge on any atom is -0.343 e. The van der Waals surface area contributed by atoms with Gasteiger partial charge in [-0.1, -0.05) is 13.3 Å². The van der Waals surface area contributed by atoms with E-state index in [1.165, 1.54) is 11.3 Å². The van der Waals surface area contributed by atoms with E-state index < -0.39 is 12.1 Å². The van der Waals surface area contributed by atoms with Crippen molar-refractivity contribution in [1.29, 1.82) is 0 Å². The Bertz CT molecular complexity index is 460. The van der Waals surface area contributed by atoms with Gasteiger partial charge < -0.3 is 10.2 Å². The van der Waals surface area contributed by atoms with Crippen molar-refractivity contribution in [2.45, 2.75) is 51.7 Å². The maximum atomic E-state index is 12.5. The van der Waals surface area contributed by atoms with Gasteiger partial charge >= 0.3 is 0 Å². The Morgan fingerprint density at radius 1 is 1.53 bits per heavy atom. The number of carbonyl (C=O) groups is 2. The molecule has 0 aliphatic carbocycles. The largest absolute Gasteiger partial charge is 0.343 e. The second kappa shape index (κ2) is 5.69. The standard InChI is InChI=1S/C13H19N3O2S/c1-4-5-10-13(18)16(8(2)11(17)15-10)9(3)12-14-6-7-19-12/h6-10H,4-5H2,1-3H3,(H,15,17). The van der Waals surface area contributed by atoms with Gasteiger partial charge in [-0.2, -0.15) is 0 Å². The van der Waals surface area contributed by atoms with Gasteiger partial charge in [0.2, 0.25) is 11.8 Å². The van der Waals surface area contributed by atoms with E-state index in [1.807, 2.05) is 19.2 Å². The molecular formula is C13H19N3O2S. The Morgan fingerprint density at radius 2 is 2.26 bits per heavy atom. The number of carbonyl (C=O) groups excluding carboxylic acids is 2. The molecule has 1 aliphatic heterocycles. The Morgan fingerprint density at radius 3 is 2.84 bits per heavy atom. The van der Waals surface area contributed by atoms with Gasteiger partial charge in [0.25, 0.3) is 0 Å². The highest BCUT2D eigenvalue weighted by atomic mass is 32.1. The number of piperazine rings is 1. The highest BCUT2D eigenvalue weighted by Gasteiger charge is 2.40. The zero-order valence-electron chi connectivity index (χ0n) is 11.4. The summed E-state index contributed by atoms with van der Waals surface area (Å²) in [5, 5.41) is 5.55. The minimum atomic E-state index is -0.445. The number of nitrogens with one attached hydrogen (secondary N) is 1. The van der Waals surface area contributed by atoms with Crippen LogP contribution in [0, 0.1) is 0 Å². The zero-order valence-corrected chi connectivity index (χ0v) is 12.2. The molecule has 6 heteroatoms. The fourth-order valence-electron chi connectivity index (χ4n) is 2.42. The van der Waals surface area contributed by atoms with E-state index in [1.54, 1.807) is 18.0 Å². The number of amides is 2. The lowest BCUT2D eigenvalue weighted by Gasteiger charge is -2.40. The number of rotatable bonds is 4. The molecule has 2 heterocycles. The summed E-state index contributed by atoms with van der Waals surface area (Å²) in [6, 6.07) is -0.997. The molecular weight excluding hydrogens is 262 g/mol. The maximum Gasteiger partial charge on any atom is 0.246 e. The molecule has 0 bridgehead atoms. The van der Waals surface area contributed by atoms with Gasteiger partial charge in [0, 0.05) is 11.6 Å². The first-order chi connectivity index (χ1) is 9.06. The van der Waals surface area contributed by atoms with Crippen molar-refractivity contribution in [3.05, 3.63) is 16.6 Å². The number of hydrogen-bond acceptors (Lipinski definition) is 4. The quantitative estimate of drug-likeness (QED) is 0.914. The monoisotopic (exact) mass is 281 g/mol. The van der Waals surface area contributed by atoms with Crippen LogP contribution in [0.5, 0.6) is 0 Å². The van der Waals surface area contributed by atoms with Crippen LogP contribution in [0.15, 0.2) is 11.6 Å². The summed E-state index contributed by atoms with van der Waals surface area (Å²) in [7, 11) is 0. The lowest BCUT2D eigenvalue weighted by atomic mass is 10.0. The van der Waals surface area contributed by atoms with Crippen molar-refractivity contribution < 1.29 is 9.59 Å². The third-order valence-corrected chi connectivity index (χ3v) is 4.41. The van der Waals surface area contributed by atoms with E-state index in [9.17, 15) is 9.59 Å². The molecule has 104 valence electrons. The molecule has 1 aromatic rings. The van der Waals surface area contributed by atoms with Crippen LogP contribution in [0.2, 0.25) is 0 Å². The van der Waals surface area contributed by atoms with Crippen molar-refractivity contribution in [3.8, 4) is 0 Å². The predicted octanol–water partition coefficient (Wildman–Crippen LogP) is 1.72. The lowest BCUT2D eigenvalue weighted by molar-refractivity contribution is -0.151. The molecule has 1 fully saturated rings. The first-order valence-corrected chi connectivity index (χ1v) is 7.46. The maximum absolute atomic E-state index is 12.5. The molecule has 0 aromatic carbocycles. The van der Waals surface area contributed by atoms with Crippen molar-refractivity contribution in [3.63, 3.8) is 0 Å². The number of thiazole rings is 1. The molecule has 5 nitrogen and oxygen atoms in total. The van der Waals surface area contributed by atoms with Crippen molar-refractivity contribution >= 4 is 23.2 Å². The van der Waals surface area contributed by atoms with Crippen LogP contribution in [-0.2, 0) is 9.59 Å². The molecule has 0 radical (unpaired) electrons. The molecule has 1 aromatic heterocycles. The number of aromatic nitrogens is 1. The first-order valence-electron chi connectivity index (χ1n) is 6.58. The van der Waals surface area contributed by atoms with E-state index in [-0.39, 0.29) is 17.9 Å². The smallest absolute Gasteiger partial charge is 0.246 e. The predicted molar refractivity (Wildman–Crippen MR) is 73.7 cm³/mol. The Hall–Kier alpha value is -1.43. The normalized spacial score (nSPS) is 25.3. The summed E-state index contributed by atoms with van der Waals surface area (Å²) < 4.78 is 0. The van der Waals surface area contributed by atoms with E-state index in [0.29, 0.717) is 6.42 Å². The fourth-order valence-corrected chi connectivity index (χ4v) is 3.11. The van der Waals surface area contributed by atoms with Gasteiger partial charge in [0.15, 0.2) is 0 Å². The van der Waals surface area contributed by atoms with Crippen LogP contribution in [0.3, 0.4) is 0 Å². The summed E-state index contributed by atoms with van der Waals surface area (Å²) in [5.74, 6) is -0.0851. The highest BCUT2D eigenvalue weighted by molar-refractivity contribution is 7.09. The summed E-state index contributed by atoms with van der Waals surface area (Å²) in [4.78, 5) is 30.4. The van der Waals surface area contributed by atoms with Crippen LogP contribution in [0.1, 0.15) is 44.7 Å². The van der Waals surface area contributed by atoms with Gasteiger partial charge in [0.05, 0.1) is 6.04 Å². The first kappa shape index (κ1) is 14.0. The van der Waals surface area contributed by atoms with Crippen molar-refractivity contribution in [1.82, 2.24) is 15.2 Å².